The van der Waals surface area contributed by atoms with E-state index in [2.05, 4.69) is 217 Å². The second kappa shape index (κ2) is 13.7. The fraction of sp³-hybridized carbons (Fsp3) is 0.0893. The van der Waals surface area contributed by atoms with Crippen molar-refractivity contribution in [1.82, 2.24) is 9.55 Å². The van der Waals surface area contributed by atoms with E-state index in [0.29, 0.717) is 11.8 Å². The largest absolute Gasteiger partial charge is 0.317 e. The molecule has 59 heavy (non-hydrogen) atoms. The average molecular weight is 773 g/mol. The molecule has 7 aromatic carbocycles. The third-order valence-corrected chi connectivity index (χ3v) is 14.3. The van der Waals surface area contributed by atoms with Gasteiger partial charge < -0.3 is 4.57 Å². The Morgan fingerprint density at radius 3 is 2.15 bits per heavy atom. The number of rotatable bonds is 6. The van der Waals surface area contributed by atoms with Crippen molar-refractivity contribution in [2.45, 2.75) is 23.8 Å². The molecule has 0 fully saturated rings. The van der Waals surface area contributed by atoms with Gasteiger partial charge in [-0.1, -0.05) is 188 Å². The molecule has 0 bridgehead atoms. The summed E-state index contributed by atoms with van der Waals surface area (Å²) >= 11 is 1.89. The van der Waals surface area contributed by atoms with Gasteiger partial charge in [-0.05, 0) is 75.2 Å². The minimum atomic E-state index is -0.274. The Hall–Kier alpha value is -6.81. The van der Waals surface area contributed by atoms with Crippen LogP contribution in [0, 0.1) is 5.92 Å². The Kier molecular flexibility index (Phi) is 7.92. The first-order valence-corrected chi connectivity index (χ1v) is 21.5. The van der Waals surface area contributed by atoms with E-state index in [-0.39, 0.29) is 11.5 Å². The lowest BCUT2D eigenvalue weighted by Crippen LogP contribution is -2.35. The van der Waals surface area contributed by atoms with Gasteiger partial charge in [0.1, 0.15) is 5.82 Å². The van der Waals surface area contributed by atoms with E-state index in [1.54, 1.807) is 0 Å². The smallest absolute Gasteiger partial charge is 0.141 e. The molecular formula is C56H40N2S. The van der Waals surface area contributed by atoms with Gasteiger partial charge in [-0.15, -0.1) is 11.3 Å². The first-order valence-electron chi connectivity index (χ1n) is 20.7. The lowest BCUT2D eigenvalue weighted by molar-refractivity contribution is 0.457. The van der Waals surface area contributed by atoms with Crippen LogP contribution < -0.4 is 0 Å². The monoisotopic (exact) mass is 772 g/mol. The van der Waals surface area contributed by atoms with E-state index >= 15 is 0 Å². The van der Waals surface area contributed by atoms with Crippen molar-refractivity contribution in [3.63, 3.8) is 0 Å². The Bertz CT molecular complexity index is 3190. The molecule has 3 aliphatic rings. The number of nitrogens with zero attached hydrogens (tertiary/aromatic N) is 2. The highest BCUT2D eigenvalue weighted by atomic mass is 32.1. The van der Waals surface area contributed by atoms with Gasteiger partial charge in [0.2, 0.25) is 0 Å². The summed E-state index contributed by atoms with van der Waals surface area (Å²) in [5, 5.41) is 2.61. The summed E-state index contributed by atoms with van der Waals surface area (Å²) < 4.78 is 5.03. The summed E-state index contributed by atoms with van der Waals surface area (Å²) in [5.74, 6) is 1.66. The molecule has 2 heterocycles. The molecule has 3 aliphatic carbocycles. The molecule has 4 atom stereocenters. The van der Waals surface area contributed by atoms with Crippen LogP contribution in [0.5, 0.6) is 0 Å². The van der Waals surface area contributed by atoms with Crippen molar-refractivity contribution < 1.29 is 0 Å². The van der Waals surface area contributed by atoms with Crippen LogP contribution in [0.25, 0.3) is 64.8 Å². The van der Waals surface area contributed by atoms with Crippen LogP contribution in [0.4, 0.5) is 0 Å². The van der Waals surface area contributed by atoms with Crippen LogP contribution >= 0.6 is 11.3 Å². The van der Waals surface area contributed by atoms with Gasteiger partial charge in [-0.3, -0.25) is 0 Å². The Morgan fingerprint density at radius 2 is 1.29 bits per heavy atom. The van der Waals surface area contributed by atoms with E-state index in [1.165, 1.54) is 70.2 Å². The molecule has 4 unspecified atom stereocenters. The van der Waals surface area contributed by atoms with Gasteiger partial charge in [0.25, 0.3) is 0 Å². The molecule has 280 valence electrons. The molecule has 3 heteroatoms. The Balaban J connectivity index is 0.905. The first-order chi connectivity index (χ1) is 29.3. The van der Waals surface area contributed by atoms with Crippen LogP contribution in [0.1, 0.15) is 40.6 Å². The van der Waals surface area contributed by atoms with E-state index in [4.69, 9.17) is 4.98 Å². The Labute approximate surface area is 348 Å². The zero-order valence-electron chi connectivity index (χ0n) is 32.4. The summed E-state index contributed by atoms with van der Waals surface area (Å²) in [6.07, 6.45) is 19.1. The maximum absolute atomic E-state index is 5.14. The summed E-state index contributed by atoms with van der Waals surface area (Å²) in [5.41, 5.74) is 13.5. The molecule has 0 aliphatic heterocycles. The van der Waals surface area contributed by atoms with Gasteiger partial charge in [-0.2, -0.15) is 0 Å². The number of hydrogen-bond donors (Lipinski definition) is 0. The topological polar surface area (TPSA) is 17.8 Å². The van der Waals surface area contributed by atoms with Crippen molar-refractivity contribution in [2.75, 3.05) is 0 Å². The number of allylic oxidation sites excluding steroid dienone is 8. The highest BCUT2D eigenvalue weighted by molar-refractivity contribution is 7.26. The summed E-state index contributed by atoms with van der Waals surface area (Å²) in [6.45, 7) is 0. The lowest BCUT2D eigenvalue weighted by atomic mass is 9.63. The number of para-hydroxylation sites is 2. The molecule has 0 saturated heterocycles. The van der Waals surface area contributed by atoms with Gasteiger partial charge >= 0.3 is 0 Å². The number of hydrogen-bond acceptors (Lipinski definition) is 2. The second-order valence-electron chi connectivity index (χ2n) is 16.1. The molecule has 2 aromatic heterocycles. The van der Waals surface area contributed by atoms with E-state index in [0.717, 1.165) is 23.3 Å². The zero-order valence-corrected chi connectivity index (χ0v) is 33.3. The predicted molar refractivity (Wildman–Crippen MR) is 248 cm³/mol. The fourth-order valence-corrected chi connectivity index (χ4v) is 11.7. The molecule has 0 spiro atoms. The van der Waals surface area contributed by atoms with E-state index < -0.39 is 0 Å². The summed E-state index contributed by atoms with van der Waals surface area (Å²) in [6, 6.07) is 61.3. The number of thiophene rings is 1. The van der Waals surface area contributed by atoms with Crippen LogP contribution in [0.15, 0.2) is 212 Å². The van der Waals surface area contributed by atoms with Crippen molar-refractivity contribution in [1.29, 1.82) is 0 Å². The summed E-state index contributed by atoms with van der Waals surface area (Å²) in [7, 11) is 0. The molecule has 9 aromatic rings. The normalized spacial score (nSPS) is 20.4. The van der Waals surface area contributed by atoms with Crippen LogP contribution in [-0.4, -0.2) is 9.55 Å². The standard InChI is InChI=1S/C56H40N2S/c1-3-14-41(15-4-1)56(49-22-9-7-18-45(49)46-19-8-10-23-50(46)56)42-33-30-37(31-34-42)40-32-35-53-48(36-40)47-21-13-20-44(54(47)59-53)38-26-28-39(29-27-38)55-57-51-24-11-12-25-52(51)58(55)43-16-5-2-6-17-43/h1-16,18-36,43,45,49H,17H2. The van der Waals surface area contributed by atoms with Crippen LogP contribution in [0.2, 0.25) is 0 Å². The van der Waals surface area contributed by atoms with E-state index in [9.17, 15) is 0 Å². The van der Waals surface area contributed by atoms with E-state index in [1.807, 2.05) is 11.3 Å². The van der Waals surface area contributed by atoms with Crippen molar-refractivity contribution in [2.24, 2.45) is 5.92 Å². The fourth-order valence-electron chi connectivity index (χ4n) is 10.5. The highest BCUT2D eigenvalue weighted by Gasteiger charge is 2.52. The Morgan fingerprint density at radius 1 is 0.559 bits per heavy atom. The minimum Gasteiger partial charge on any atom is -0.317 e. The number of aromatic nitrogens is 2. The molecule has 0 saturated carbocycles. The van der Waals surface area contributed by atoms with Gasteiger partial charge in [0.05, 0.1) is 22.5 Å². The van der Waals surface area contributed by atoms with Crippen molar-refractivity contribution in [3.05, 3.63) is 235 Å². The lowest BCUT2D eigenvalue weighted by Gasteiger charge is -2.39. The van der Waals surface area contributed by atoms with Gasteiger partial charge in [0.15, 0.2) is 0 Å². The van der Waals surface area contributed by atoms with Crippen LogP contribution in [-0.2, 0) is 5.41 Å². The molecule has 0 amide bonds. The second-order valence-corrected chi connectivity index (χ2v) is 17.2. The van der Waals surface area contributed by atoms with Crippen molar-refractivity contribution in [3.8, 4) is 33.6 Å². The maximum atomic E-state index is 5.14. The molecule has 12 rings (SSSR count). The molecular weight excluding hydrogens is 733 g/mol. The minimum absolute atomic E-state index is 0.243. The third kappa shape index (κ3) is 5.28. The zero-order chi connectivity index (χ0) is 38.9. The molecule has 0 radical (unpaired) electrons. The summed E-state index contributed by atoms with van der Waals surface area (Å²) in [4.78, 5) is 5.14. The molecule has 2 nitrogen and oxygen atoms in total. The third-order valence-electron chi connectivity index (χ3n) is 13.1. The first kappa shape index (κ1) is 34.3. The average Bonchev–Trinajstić information content (AvgIpc) is 3.98. The maximum Gasteiger partial charge on any atom is 0.141 e. The SMILES string of the molecule is C1=CCC(n2c(-c3ccc(-c4cccc5c4sc4ccc(-c6ccc(C7(c8ccccc8)c8ccccc8C8C=CC=CC87)cc6)cc45)cc3)nc3ccccc32)C=C1. The quantitative estimate of drug-likeness (QED) is 0.165. The number of fused-ring (bicyclic) bond motifs is 7. The molecule has 0 N–H and O–H groups in total. The van der Waals surface area contributed by atoms with Crippen molar-refractivity contribution >= 4 is 42.5 Å². The highest BCUT2D eigenvalue weighted by Crippen LogP contribution is 2.59. The number of benzene rings is 7. The predicted octanol–water partition coefficient (Wildman–Crippen LogP) is 14.6. The van der Waals surface area contributed by atoms with Crippen LogP contribution in [0.3, 0.4) is 0 Å². The van der Waals surface area contributed by atoms with Gasteiger partial charge in [0, 0.05) is 37.6 Å². The van der Waals surface area contributed by atoms with Gasteiger partial charge in [-0.25, -0.2) is 4.98 Å². The number of imidazole rings is 1.